The molecule has 114 valence electrons. The van der Waals surface area contributed by atoms with Crippen LogP contribution in [0.3, 0.4) is 0 Å². The summed E-state index contributed by atoms with van der Waals surface area (Å²) in [5.41, 5.74) is 1.88. The Morgan fingerprint density at radius 3 is 2.80 bits per heavy atom. The molecule has 5 heteroatoms. The summed E-state index contributed by atoms with van der Waals surface area (Å²) in [6.45, 7) is 5.52. The van der Waals surface area contributed by atoms with Crippen LogP contribution in [0, 0.1) is 5.82 Å². The van der Waals surface area contributed by atoms with Crippen molar-refractivity contribution in [3.8, 4) is 0 Å². The zero-order valence-electron chi connectivity index (χ0n) is 12.4. The van der Waals surface area contributed by atoms with Gasteiger partial charge in [0.25, 0.3) is 0 Å². The second-order valence-electron chi connectivity index (χ2n) is 4.65. The highest BCUT2D eigenvalue weighted by Crippen LogP contribution is 2.22. The lowest BCUT2D eigenvalue weighted by molar-refractivity contribution is 0.199. The van der Waals surface area contributed by atoms with Crippen LogP contribution >= 0.6 is 0 Å². The Balaban J connectivity index is 2.81. The third-order valence-corrected chi connectivity index (χ3v) is 3.04. The van der Waals surface area contributed by atoms with Crippen LogP contribution in [0.25, 0.3) is 0 Å². The monoisotopic (exact) mass is 284 g/mol. The zero-order chi connectivity index (χ0) is 14.8. The van der Waals surface area contributed by atoms with Crippen molar-refractivity contribution in [1.82, 2.24) is 5.32 Å². The Hall–Kier alpha value is -1.17. The number of hydrogen-bond donors (Lipinski definition) is 2. The Labute approximate surface area is 120 Å². The summed E-state index contributed by atoms with van der Waals surface area (Å²) in [5.74, 6) is -0.238. The molecule has 0 radical (unpaired) electrons. The number of aliphatic hydroxyl groups is 1. The maximum Gasteiger partial charge on any atom is 0.123 e. The van der Waals surface area contributed by atoms with Crippen LogP contribution in [-0.2, 0) is 11.3 Å². The van der Waals surface area contributed by atoms with Crippen molar-refractivity contribution in [2.45, 2.75) is 19.9 Å². The molecule has 0 spiro atoms. The van der Waals surface area contributed by atoms with Gasteiger partial charge in [-0.05, 0) is 30.2 Å². The van der Waals surface area contributed by atoms with Crippen LogP contribution in [0.2, 0.25) is 0 Å². The fourth-order valence-corrected chi connectivity index (χ4v) is 2.14. The molecule has 0 aliphatic rings. The quantitative estimate of drug-likeness (QED) is 0.643. The fourth-order valence-electron chi connectivity index (χ4n) is 2.14. The van der Waals surface area contributed by atoms with Gasteiger partial charge in [-0.2, -0.15) is 0 Å². The van der Waals surface area contributed by atoms with Gasteiger partial charge in [-0.3, -0.25) is 0 Å². The van der Waals surface area contributed by atoms with Crippen LogP contribution in [0.4, 0.5) is 10.1 Å². The molecule has 4 nitrogen and oxygen atoms in total. The molecular formula is C15H25FN2O2. The highest BCUT2D eigenvalue weighted by molar-refractivity contribution is 5.54. The van der Waals surface area contributed by atoms with Gasteiger partial charge in [0, 0.05) is 39.0 Å². The minimum absolute atomic E-state index is 0.0912. The molecule has 0 aromatic heterocycles. The van der Waals surface area contributed by atoms with Gasteiger partial charge in [0.05, 0.1) is 13.2 Å². The molecule has 0 heterocycles. The summed E-state index contributed by atoms with van der Waals surface area (Å²) < 4.78 is 18.4. The lowest BCUT2D eigenvalue weighted by atomic mass is 10.1. The summed E-state index contributed by atoms with van der Waals surface area (Å²) in [6, 6.07) is 4.80. The number of aliphatic hydroxyl groups excluding tert-OH is 1. The Kier molecular flexibility index (Phi) is 8.18. The third-order valence-electron chi connectivity index (χ3n) is 3.04. The predicted octanol–water partition coefficient (Wildman–Crippen LogP) is 1.77. The lowest BCUT2D eigenvalue weighted by Crippen LogP contribution is -2.29. The van der Waals surface area contributed by atoms with Crippen LogP contribution in [0.1, 0.15) is 18.9 Å². The number of nitrogens with zero attached hydrogens (tertiary/aromatic N) is 1. The van der Waals surface area contributed by atoms with E-state index in [-0.39, 0.29) is 12.4 Å². The number of benzene rings is 1. The van der Waals surface area contributed by atoms with Gasteiger partial charge in [-0.25, -0.2) is 4.39 Å². The molecular weight excluding hydrogens is 259 g/mol. The molecule has 0 aliphatic heterocycles. The van der Waals surface area contributed by atoms with E-state index >= 15 is 0 Å². The Bertz CT molecular complexity index is 382. The van der Waals surface area contributed by atoms with E-state index in [1.807, 2.05) is 0 Å². The highest BCUT2D eigenvalue weighted by Gasteiger charge is 2.11. The Morgan fingerprint density at radius 1 is 1.35 bits per heavy atom. The summed E-state index contributed by atoms with van der Waals surface area (Å²) in [7, 11) is 1.65. The number of methoxy groups -OCH3 is 1. The maximum atomic E-state index is 13.4. The molecule has 0 saturated heterocycles. The Morgan fingerprint density at radius 2 is 2.15 bits per heavy atom. The summed E-state index contributed by atoms with van der Waals surface area (Å²) >= 11 is 0. The number of halogens is 1. The van der Waals surface area contributed by atoms with Gasteiger partial charge < -0.3 is 20.1 Å². The number of nitrogens with one attached hydrogen (secondary N) is 1. The molecule has 1 aromatic carbocycles. The molecule has 0 unspecified atom stereocenters. The van der Waals surface area contributed by atoms with Crippen molar-refractivity contribution in [3.05, 3.63) is 29.6 Å². The first kappa shape index (κ1) is 16.9. The van der Waals surface area contributed by atoms with Crippen molar-refractivity contribution in [2.75, 3.05) is 44.9 Å². The van der Waals surface area contributed by atoms with E-state index in [0.717, 1.165) is 30.8 Å². The van der Waals surface area contributed by atoms with E-state index < -0.39 is 0 Å². The normalized spacial score (nSPS) is 10.8. The van der Waals surface area contributed by atoms with Crippen molar-refractivity contribution >= 4 is 5.69 Å². The molecule has 1 aromatic rings. The average molecular weight is 284 g/mol. The molecule has 0 aliphatic carbocycles. The van der Waals surface area contributed by atoms with Crippen LogP contribution < -0.4 is 10.2 Å². The maximum absolute atomic E-state index is 13.4. The van der Waals surface area contributed by atoms with Gasteiger partial charge in [0.2, 0.25) is 0 Å². The standard InChI is InChI=1S/C15H25FN2O2/c1-3-7-18(8-9-19)15-5-4-14(16)11-13(15)12-17-6-10-20-2/h4-5,11,17,19H,3,6-10,12H2,1-2H3. The second-order valence-corrected chi connectivity index (χ2v) is 4.65. The number of rotatable bonds is 10. The van der Waals surface area contributed by atoms with Gasteiger partial charge in [0.15, 0.2) is 0 Å². The van der Waals surface area contributed by atoms with Gasteiger partial charge in [0.1, 0.15) is 5.82 Å². The number of ether oxygens (including phenoxy) is 1. The van der Waals surface area contributed by atoms with E-state index in [0.29, 0.717) is 19.7 Å². The first-order valence-corrected chi connectivity index (χ1v) is 7.06. The van der Waals surface area contributed by atoms with Crippen molar-refractivity contribution in [2.24, 2.45) is 0 Å². The van der Waals surface area contributed by atoms with Gasteiger partial charge >= 0.3 is 0 Å². The molecule has 1 rings (SSSR count). The minimum atomic E-state index is -0.238. The molecule has 2 N–H and O–H groups in total. The van der Waals surface area contributed by atoms with Crippen molar-refractivity contribution in [1.29, 1.82) is 0 Å². The van der Waals surface area contributed by atoms with Crippen LogP contribution in [0.15, 0.2) is 18.2 Å². The first-order valence-electron chi connectivity index (χ1n) is 7.06. The third kappa shape index (κ3) is 5.45. The number of hydrogen-bond acceptors (Lipinski definition) is 4. The average Bonchev–Trinajstić information content (AvgIpc) is 2.44. The first-order chi connectivity index (χ1) is 9.72. The molecule has 0 saturated carbocycles. The molecule has 0 fully saturated rings. The topological polar surface area (TPSA) is 44.7 Å². The largest absolute Gasteiger partial charge is 0.395 e. The smallest absolute Gasteiger partial charge is 0.123 e. The minimum Gasteiger partial charge on any atom is -0.395 e. The lowest BCUT2D eigenvalue weighted by Gasteiger charge is -2.26. The predicted molar refractivity (Wildman–Crippen MR) is 79.6 cm³/mol. The van der Waals surface area contributed by atoms with Crippen LogP contribution in [0.5, 0.6) is 0 Å². The van der Waals surface area contributed by atoms with Crippen LogP contribution in [-0.4, -0.2) is 45.1 Å². The van der Waals surface area contributed by atoms with E-state index in [9.17, 15) is 4.39 Å². The number of anilines is 1. The van der Waals surface area contributed by atoms with Crippen molar-refractivity contribution in [3.63, 3.8) is 0 Å². The zero-order valence-corrected chi connectivity index (χ0v) is 12.4. The SMILES string of the molecule is CCCN(CCO)c1ccc(F)cc1CNCCOC. The van der Waals surface area contributed by atoms with E-state index in [1.54, 1.807) is 19.2 Å². The fraction of sp³-hybridized carbons (Fsp3) is 0.600. The summed E-state index contributed by atoms with van der Waals surface area (Å²) in [5, 5.41) is 12.4. The molecule has 0 bridgehead atoms. The van der Waals surface area contributed by atoms with E-state index in [4.69, 9.17) is 9.84 Å². The van der Waals surface area contributed by atoms with E-state index in [1.165, 1.54) is 6.07 Å². The molecule has 20 heavy (non-hydrogen) atoms. The highest BCUT2D eigenvalue weighted by atomic mass is 19.1. The summed E-state index contributed by atoms with van der Waals surface area (Å²) in [6.07, 6.45) is 0.980. The van der Waals surface area contributed by atoms with E-state index in [2.05, 4.69) is 17.1 Å². The van der Waals surface area contributed by atoms with Crippen molar-refractivity contribution < 1.29 is 14.2 Å². The second kappa shape index (κ2) is 9.69. The summed E-state index contributed by atoms with van der Waals surface area (Å²) in [4.78, 5) is 2.09. The van der Waals surface area contributed by atoms with Gasteiger partial charge in [-0.15, -0.1) is 0 Å². The molecule has 0 amide bonds. The molecule has 0 atom stereocenters. The van der Waals surface area contributed by atoms with Gasteiger partial charge in [-0.1, -0.05) is 6.92 Å².